The van der Waals surface area contributed by atoms with Gasteiger partial charge in [0, 0.05) is 37.5 Å². The van der Waals surface area contributed by atoms with Gasteiger partial charge in [-0.2, -0.15) is 5.10 Å². The van der Waals surface area contributed by atoms with E-state index in [0.717, 1.165) is 11.3 Å². The third-order valence-corrected chi connectivity index (χ3v) is 6.27. The number of fused-ring (bicyclic) bond motifs is 1. The first-order chi connectivity index (χ1) is 16.3. The number of pyridine rings is 2. The summed E-state index contributed by atoms with van der Waals surface area (Å²) in [5.41, 5.74) is 12.9. The van der Waals surface area contributed by atoms with Crippen LogP contribution in [0.3, 0.4) is 0 Å². The molecule has 1 aliphatic carbocycles. The van der Waals surface area contributed by atoms with Crippen molar-refractivity contribution in [2.24, 2.45) is 23.9 Å². The second kappa shape index (κ2) is 7.84. The number of aryl methyl sites for hydroxylation is 1. The maximum atomic E-state index is 11.8. The molecule has 0 spiro atoms. The lowest BCUT2D eigenvalue weighted by Gasteiger charge is -2.13. The second-order valence-electron chi connectivity index (χ2n) is 8.18. The molecule has 1 aromatic carbocycles. The molecular formula is C24H22N6O4. The number of aromatic nitrogens is 4. The molecule has 4 aromatic rings. The molecule has 10 nitrogen and oxygen atoms in total. The van der Waals surface area contributed by atoms with Gasteiger partial charge < -0.3 is 20.9 Å². The van der Waals surface area contributed by atoms with Crippen LogP contribution in [0.15, 0.2) is 54.9 Å². The van der Waals surface area contributed by atoms with Crippen molar-refractivity contribution in [3.05, 3.63) is 60.4 Å². The summed E-state index contributed by atoms with van der Waals surface area (Å²) in [5, 5.41) is 4.21. The maximum absolute atomic E-state index is 11.8. The number of rotatable bonds is 7. The SMILES string of the molecule is COc1cc2nccc(Oc3ccc(C4CC4(C(N)=O)C(N)=O)cc3)c2nc1-c1ccnn1C. The van der Waals surface area contributed by atoms with E-state index in [0.29, 0.717) is 40.4 Å². The summed E-state index contributed by atoms with van der Waals surface area (Å²) in [4.78, 5) is 32.8. The fourth-order valence-electron chi connectivity index (χ4n) is 4.28. The van der Waals surface area contributed by atoms with Crippen LogP contribution >= 0.6 is 0 Å². The Morgan fingerprint density at radius 2 is 1.79 bits per heavy atom. The van der Waals surface area contributed by atoms with E-state index in [1.165, 1.54) is 0 Å². The van der Waals surface area contributed by atoms with Gasteiger partial charge in [-0.3, -0.25) is 19.3 Å². The number of nitrogens with two attached hydrogens (primary N) is 2. The lowest BCUT2D eigenvalue weighted by molar-refractivity contribution is -0.133. The molecule has 1 aliphatic rings. The molecule has 2 amide bonds. The smallest absolute Gasteiger partial charge is 0.233 e. The minimum absolute atomic E-state index is 0.315. The number of carbonyl (C=O) groups is 2. The summed E-state index contributed by atoms with van der Waals surface area (Å²) in [5.74, 6) is -0.0753. The Labute approximate surface area is 194 Å². The minimum atomic E-state index is -1.31. The molecule has 34 heavy (non-hydrogen) atoms. The third-order valence-electron chi connectivity index (χ3n) is 6.27. The van der Waals surface area contributed by atoms with Crippen LogP contribution in [0.2, 0.25) is 0 Å². The van der Waals surface area contributed by atoms with Gasteiger partial charge in [0.25, 0.3) is 0 Å². The fraction of sp³-hybridized carbons (Fsp3) is 0.208. The van der Waals surface area contributed by atoms with Crippen LogP contribution < -0.4 is 20.9 Å². The molecule has 1 saturated carbocycles. The normalized spacial score (nSPS) is 16.2. The van der Waals surface area contributed by atoms with E-state index in [9.17, 15) is 9.59 Å². The molecule has 3 aromatic heterocycles. The summed E-state index contributed by atoms with van der Waals surface area (Å²) >= 11 is 0. The lowest BCUT2D eigenvalue weighted by atomic mass is 9.97. The van der Waals surface area contributed by atoms with Crippen molar-refractivity contribution in [1.82, 2.24) is 19.7 Å². The number of primary amides is 2. The number of benzene rings is 1. The van der Waals surface area contributed by atoms with Crippen molar-refractivity contribution in [1.29, 1.82) is 0 Å². The summed E-state index contributed by atoms with van der Waals surface area (Å²) in [6.07, 6.45) is 3.64. The quantitative estimate of drug-likeness (QED) is 0.404. The zero-order valence-corrected chi connectivity index (χ0v) is 18.6. The number of hydrogen-bond acceptors (Lipinski definition) is 7. The molecule has 1 fully saturated rings. The highest BCUT2D eigenvalue weighted by Crippen LogP contribution is 2.59. The Morgan fingerprint density at radius 3 is 2.38 bits per heavy atom. The Morgan fingerprint density at radius 1 is 1.06 bits per heavy atom. The number of amides is 2. The number of hydrogen-bond donors (Lipinski definition) is 2. The molecule has 4 N–H and O–H groups in total. The van der Waals surface area contributed by atoms with E-state index in [-0.39, 0.29) is 5.92 Å². The topological polar surface area (TPSA) is 148 Å². The van der Waals surface area contributed by atoms with Gasteiger partial charge in [0.05, 0.1) is 18.3 Å². The van der Waals surface area contributed by atoms with Gasteiger partial charge in [0.1, 0.15) is 28.1 Å². The first-order valence-corrected chi connectivity index (χ1v) is 10.5. The average Bonchev–Trinajstić information content (AvgIpc) is 3.47. The van der Waals surface area contributed by atoms with Gasteiger partial charge in [-0.15, -0.1) is 0 Å². The van der Waals surface area contributed by atoms with Crippen LogP contribution in [0.5, 0.6) is 17.2 Å². The second-order valence-corrected chi connectivity index (χ2v) is 8.18. The largest absolute Gasteiger partial charge is 0.494 e. The molecule has 0 saturated heterocycles. The van der Waals surface area contributed by atoms with Crippen molar-refractivity contribution in [3.63, 3.8) is 0 Å². The Bertz CT molecular complexity index is 1420. The Balaban J connectivity index is 1.47. The van der Waals surface area contributed by atoms with Gasteiger partial charge >= 0.3 is 0 Å². The van der Waals surface area contributed by atoms with E-state index in [1.807, 2.05) is 13.1 Å². The van der Waals surface area contributed by atoms with Crippen molar-refractivity contribution in [2.45, 2.75) is 12.3 Å². The summed E-state index contributed by atoms with van der Waals surface area (Å²) in [7, 11) is 3.41. The van der Waals surface area contributed by atoms with E-state index < -0.39 is 17.2 Å². The van der Waals surface area contributed by atoms with Crippen molar-refractivity contribution >= 4 is 22.8 Å². The van der Waals surface area contributed by atoms with Gasteiger partial charge in [-0.05, 0) is 30.2 Å². The average molecular weight is 458 g/mol. The van der Waals surface area contributed by atoms with Gasteiger partial charge in [-0.1, -0.05) is 12.1 Å². The predicted octanol–water partition coefficient (Wildman–Crippen LogP) is 2.28. The van der Waals surface area contributed by atoms with Crippen LogP contribution in [0, 0.1) is 5.41 Å². The Hall–Kier alpha value is -4.47. The van der Waals surface area contributed by atoms with E-state index in [4.69, 9.17) is 25.9 Å². The van der Waals surface area contributed by atoms with Crippen LogP contribution in [0.4, 0.5) is 0 Å². The van der Waals surface area contributed by atoms with Gasteiger partial charge in [0.15, 0.2) is 5.75 Å². The van der Waals surface area contributed by atoms with Crippen LogP contribution in [0.25, 0.3) is 22.4 Å². The number of methoxy groups -OCH3 is 1. The molecule has 0 bridgehead atoms. The Kier molecular flexibility index (Phi) is 4.93. The summed E-state index contributed by atoms with van der Waals surface area (Å²) < 4.78 is 13.4. The number of carbonyl (C=O) groups excluding carboxylic acids is 2. The monoisotopic (exact) mass is 458 g/mol. The van der Waals surface area contributed by atoms with Crippen LogP contribution in [-0.2, 0) is 16.6 Å². The van der Waals surface area contributed by atoms with Crippen molar-refractivity contribution < 1.29 is 19.1 Å². The highest BCUT2D eigenvalue weighted by molar-refractivity contribution is 6.08. The van der Waals surface area contributed by atoms with E-state index >= 15 is 0 Å². The molecule has 0 radical (unpaired) electrons. The highest BCUT2D eigenvalue weighted by Gasteiger charge is 2.64. The lowest BCUT2D eigenvalue weighted by Crippen LogP contribution is -2.38. The summed E-state index contributed by atoms with van der Waals surface area (Å²) in [6, 6.07) is 12.5. The molecule has 3 heterocycles. The van der Waals surface area contributed by atoms with Gasteiger partial charge in [0.2, 0.25) is 11.8 Å². The van der Waals surface area contributed by atoms with Crippen molar-refractivity contribution in [3.8, 4) is 28.6 Å². The van der Waals surface area contributed by atoms with Gasteiger partial charge in [-0.25, -0.2) is 4.98 Å². The number of nitrogens with zero attached hydrogens (tertiary/aromatic N) is 4. The molecule has 172 valence electrons. The highest BCUT2D eigenvalue weighted by atomic mass is 16.5. The first-order valence-electron chi connectivity index (χ1n) is 10.5. The molecule has 1 atom stereocenters. The zero-order valence-electron chi connectivity index (χ0n) is 18.6. The van der Waals surface area contributed by atoms with Crippen LogP contribution in [0.1, 0.15) is 17.9 Å². The fourth-order valence-corrected chi connectivity index (χ4v) is 4.28. The zero-order chi connectivity index (χ0) is 24.0. The third kappa shape index (κ3) is 3.31. The number of ether oxygens (including phenoxy) is 2. The molecule has 0 aliphatic heterocycles. The standard InChI is InChI=1S/C24H22N6O4/c1-30-17(7-10-28-30)21-19(33-2)11-16-20(29-21)18(8-9-27-16)34-14-5-3-13(4-6-14)15-12-24(15,22(25)31)23(26)32/h3-11,15H,12H2,1-2H3,(H2,25,31)(H2,26,32). The van der Waals surface area contributed by atoms with Crippen LogP contribution in [-0.4, -0.2) is 38.7 Å². The minimum Gasteiger partial charge on any atom is -0.494 e. The van der Waals surface area contributed by atoms with Crippen molar-refractivity contribution in [2.75, 3.05) is 7.11 Å². The molecule has 1 unspecified atom stereocenters. The molecule has 5 rings (SSSR count). The van der Waals surface area contributed by atoms with E-state index in [1.54, 1.807) is 60.6 Å². The predicted molar refractivity (Wildman–Crippen MR) is 123 cm³/mol. The molecule has 10 heteroatoms. The van der Waals surface area contributed by atoms with E-state index in [2.05, 4.69) is 10.1 Å². The first kappa shape index (κ1) is 21.4. The summed E-state index contributed by atoms with van der Waals surface area (Å²) in [6.45, 7) is 0. The molecular weight excluding hydrogens is 436 g/mol. The maximum Gasteiger partial charge on any atom is 0.233 e.